The zero-order valence-electron chi connectivity index (χ0n) is 23.3. The molecule has 208 valence electrons. The summed E-state index contributed by atoms with van der Waals surface area (Å²) in [5.74, 6) is 1.10. The summed E-state index contributed by atoms with van der Waals surface area (Å²) in [7, 11) is -0.507. The number of aromatic nitrogens is 5. The average molecular weight is 545 g/mol. The Bertz CT molecular complexity index is 1500. The van der Waals surface area contributed by atoms with Crippen molar-refractivity contribution in [3.05, 3.63) is 66.0 Å². The Morgan fingerprint density at radius 1 is 0.900 bits per heavy atom. The predicted molar refractivity (Wildman–Crippen MR) is 151 cm³/mol. The number of anilines is 2. The van der Waals surface area contributed by atoms with E-state index in [0.717, 1.165) is 35.5 Å². The molecule has 12 heteroatoms. The third-order valence-corrected chi connectivity index (χ3v) is 8.40. The van der Waals surface area contributed by atoms with E-state index in [1.807, 2.05) is 33.8 Å². The summed E-state index contributed by atoms with van der Waals surface area (Å²) >= 11 is 0. The van der Waals surface area contributed by atoms with Gasteiger partial charge in [0, 0.05) is 49.7 Å². The smallest absolute Gasteiger partial charge is 0.398 e. The molecule has 1 atom stereocenters. The fourth-order valence-electron chi connectivity index (χ4n) is 5.09. The van der Waals surface area contributed by atoms with Crippen LogP contribution in [-0.4, -0.2) is 74.5 Å². The van der Waals surface area contributed by atoms with Crippen LogP contribution < -0.4 is 15.4 Å². The maximum atomic E-state index is 13.3. The number of hydrogen-bond acceptors (Lipinski definition) is 9. The maximum Gasteiger partial charge on any atom is 0.512 e. The minimum atomic E-state index is -1.33. The SMILES string of the molecule is CC1(C)OB(c2cc3c(N4CCN(c5ncc([C@@](C)(O)c6ccc(F)cc6)cn5)CC4)ncnc3[nH]2)OC1(C)C. The second kappa shape index (κ2) is 9.50. The third kappa shape index (κ3) is 4.59. The number of benzene rings is 1. The first kappa shape index (κ1) is 26.6. The van der Waals surface area contributed by atoms with E-state index in [-0.39, 0.29) is 5.82 Å². The van der Waals surface area contributed by atoms with Crippen LogP contribution in [0.15, 0.2) is 49.1 Å². The zero-order valence-corrected chi connectivity index (χ0v) is 23.3. The quantitative estimate of drug-likeness (QED) is 0.366. The largest absolute Gasteiger partial charge is 0.512 e. The molecule has 6 rings (SSSR count). The van der Waals surface area contributed by atoms with Gasteiger partial charge in [0.05, 0.1) is 16.6 Å². The molecule has 2 fully saturated rings. The van der Waals surface area contributed by atoms with Crippen LogP contribution in [0.5, 0.6) is 0 Å². The monoisotopic (exact) mass is 545 g/mol. The minimum absolute atomic E-state index is 0.352. The lowest BCUT2D eigenvalue weighted by atomic mass is 9.85. The number of H-pyrrole nitrogens is 1. The standard InChI is InChI=1S/C28H33BFN7O3/c1-26(2)27(3,4)40-29(39-26)22-14-21-23(35-22)33-17-34-24(21)36-10-12-37(13-11-36)25-31-15-19(16-32-25)28(5,38)18-6-8-20(30)9-7-18/h6-9,14-17,38H,10-13H2,1-5H3,(H,33,34,35)/t28-/m0/s1. The first-order valence-corrected chi connectivity index (χ1v) is 13.4. The molecule has 0 saturated carbocycles. The highest BCUT2D eigenvalue weighted by atomic mass is 19.1. The van der Waals surface area contributed by atoms with Crippen LogP contribution >= 0.6 is 0 Å². The minimum Gasteiger partial charge on any atom is -0.398 e. The summed E-state index contributed by atoms with van der Waals surface area (Å²) in [6, 6.07) is 7.81. The van der Waals surface area contributed by atoms with Crippen LogP contribution in [0.2, 0.25) is 0 Å². The zero-order chi connectivity index (χ0) is 28.3. The van der Waals surface area contributed by atoms with Gasteiger partial charge in [0.2, 0.25) is 5.95 Å². The molecular weight excluding hydrogens is 512 g/mol. The Hall–Kier alpha value is -3.61. The van der Waals surface area contributed by atoms with Gasteiger partial charge in [-0.05, 0) is 58.4 Å². The molecule has 0 spiro atoms. The van der Waals surface area contributed by atoms with Crippen LogP contribution in [0.4, 0.5) is 16.2 Å². The van der Waals surface area contributed by atoms with Gasteiger partial charge in [-0.25, -0.2) is 24.3 Å². The molecule has 2 N–H and O–H groups in total. The fraction of sp³-hybridized carbons (Fsp3) is 0.429. The molecular formula is C28H33BFN7O3. The van der Waals surface area contributed by atoms with Gasteiger partial charge in [-0.15, -0.1) is 0 Å². The van der Waals surface area contributed by atoms with Crippen molar-refractivity contribution in [1.82, 2.24) is 24.9 Å². The molecule has 0 unspecified atom stereocenters. The van der Waals surface area contributed by atoms with Gasteiger partial charge in [-0.2, -0.15) is 0 Å². The van der Waals surface area contributed by atoms with Gasteiger partial charge in [-0.1, -0.05) is 12.1 Å². The lowest BCUT2D eigenvalue weighted by Gasteiger charge is -2.35. The summed E-state index contributed by atoms with van der Waals surface area (Å²) in [5, 5.41) is 12.0. The predicted octanol–water partition coefficient (Wildman–Crippen LogP) is 2.77. The first-order chi connectivity index (χ1) is 18.9. The van der Waals surface area contributed by atoms with Crippen molar-refractivity contribution < 1.29 is 18.8 Å². The molecule has 1 aromatic carbocycles. The molecule has 40 heavy (non-hydrogen) atoms. The third-order valence-electron chi connectivity index (χ3n) is 8.40. The number of nitrogens with zero attached hydrogens (tertiary/aromatic N) is 6. The Morgan fingerprint density at radius 2 is 1.50 bits per heavy atom. The second-order valence-corrected chi connectivity index (χ2v) is 11.6. The molecule has 10 nitrogen and oxygen atoms in total. The van der Waals surface area contributed by atoms with Gasteiger partial charge in [0.15, 0.2) is 0 Å². The van der Waals surface area contributed by atoms with Crippen molar-refractivity contribution in [3.63, 3.8) is 0 Å². The molecule has 0 radical (unpaired) electrons. The van der Waals surface area contributed by atoms with Crippen molar-refractivity contribution in [3.8, 4) is 0 Å². The Balaban J connectivity index is 1.15. The highest BCUT2D eigenvalue weighted by Gasteiger charge is 2.52. The highest BCUT2D eigenvalue weighted by Crippen LogP contribution is 2.37. The summed E-state index contributed by atoms with van der Waals surface area (Å²) in [6.07, 6.45) is 4.83. The van der Waals surface area contributed by atoms with Crippen LogP contribution in [0.1, 0.15) is 45.7 Å². The normalized spacial score (nSPS) is 20.2. The van der Waals surface area contributed by atoms with Crippen LogP contribution in [0, 0.1) is 5.82 Å². The second-order valence-electron chi connectivity index (χ2n) is 11.6. The number of piperazine rings is 1. The average Bonchev–Trinajstić information content (AvgIpc) is 3.46. The topological polar surface area (TPSA) is 113 Å². The van der Waals surface area contributed by atoms with Crippen molar-refractivity contribution >= 4 is 35.5 Å². The number of aliphatic hydroxyl groups is 1. The molecule has 4 aromatic rings. The van der Waals surface area contributed by atoms with Crippen molar-refractivity contribution in [2.45, 2.75) is 51.4 Å². The van der Waals surface area contributed by atoms with E-state index in [9.17, 15) is 9.50 Å². The van der Waals surface area contributed by atoms with Gasteiger partial charge >= 0.3 is 7.12 Å². The number of nitrogens with one attached hydrogen (secondary N) is 1. The molecule has 2 saturated heterocycles. The molecule has 5 heterocycles. The lowest BCUT2D eigenvalue weighted by Crippen LogP contribution is -2.47. The Kier molecular flexibility index (Phi) is 6.32. The van der Waals surface area contributed by atoms with Crippen molar-refractivity contribution in [2.75, 3.05) is 36.0 Å². The van der Waals surface area contributed by atoms with E-state index < -0.39 is 23.9 Å². The van der Waals surface area contributed by atoms with Gasteiger partial charge in [0.1, 0.15) is 29.2 Å². The van der Waals surface area contributed by atoms with Crippen LogP contribution in [0.3, 0.4) is 0 Å². The number of rotatable bonds is 5. The summed E-state index contributed by atoms with van der Waals surface area (Å²) < 4.78 is 25.8. The molecule has 2 aliphatic rings. The molecule has 0 bridgehead atoms. The van der Waals surface area contributed by atoms with E-state index in [2.05, 4.69) is 34.7 Å². The molecule has 3 aromatic heterocycles. The van der Waals surface area contributed by atoms with Gasteiger partial charge in [0.25, 0.3) is 0 Å². The van der Waals surface area contributed by atoms with Gasteiger partial charge < -0.3 is 29.2 Å². The Morgan fingerprint density at radius 3 is 2.12 bits per heavy atom. The summed E-state index contributed by atoms with van der Waals surface area (Å²) in [6.45, 7) is 12.6. The van der Waals surface area contributed by atoms with Gasteiger partial charge in [-0.3, -0.25) is 0 Å². The highest BCUT2D eigenvalue weighted by molar-refractivity contribution is 6.61. The number of hydrogen-bond donors (Lipinski definition) is 2. The maximum absolute atomic E-state index is 13.3. The van der Waals surface area contributed by atoms with E-state index in [4.69, 9.17) is 9.31 Å². The number of fused-ring (bicyclic) bond motifs is 1. The summed E-state index contributed by atoms with van der Waals surface area (Å²) in [5.41, 5.74) is 0.465. The molecule has 0 aliphatic carbocycles. The van der Waals surface area contributed by atoms with Crippen LogP contribution in [0.25, 0.3) is 11.0 Å². The summed E-state index contributed by atoms with van der Waals surface area (Å²) in [4.78, 5) is 25.8. The Labute approximate surface area is 232 Å². The molecule has 0 amide bonds. The number of aromatic amines is 1. The van der Waals surface area contributed by atoms with E-state index >= 15 is 0 Å². The van der Waals surface area contributed by atoms with E-state index in [1.165, 1.54) is 12.1 Å². The van der Waals surface area contributed by atoms with Crippen molar-refractivity contribution in [1.29, 1.82) is 0 Å². The van der Waals surface area contributed by atoms with Crippen molar-refractivity contribution in [2.24, 2.45) is 0 Å². The first-order valence-electron chi connectivity index (χ1n) is 13.4. The fourth-order valence-corrected chi connectivity index (χ4v) is 5.09. The van der Waals surface area contributed by atoms with E-state index in [1.54, 1.807) is 37.8 Å². The number of halogens is 1. The lowest BCUT2D eigenvalue weighted by molar-refractivity contribution is 0.00578. The molecule has 2 aliphatic heterocycles. The van der Waals surface area contributed by atoms with Crippen LogP contribution in [-0.2, 0) is 14.9 Å². The van der Waals surface area contributed by atoms with E-state index in [0.29, 0.717) is 30.2 Å².